The second-order valence-corrected chi connectivity index (χ2v) is 11.3. The molecule has 2 aromatic heterocycles. The zero-order chi connectivity index (χ0) is 26.9. The molecule has 1 saturated heterocycles. The number of anilines is 1. The van der Waals surface area contributed by atoms with Gasteiger partial charge in [0.05, 0.1) is 5.56 Å². The number of rotatable bonds is 6. The third kappa shape index (κ3) is 4.96. The van der Waals surface area contributed by atoms with Gasteiger partial charge in [-0.3, -0.25) is 4.90 Å². The highest BCUT2D eigenvalue weighted by atomic mass is 32.1. The van der Waals surface area contributed by atoms with Crippen molar-refractivity contribution in [3.63, 3.8) is 0 Å². The largest absolute Gasteiger partial charge is 0.369 e. The molecule has 0 bridgehead atoms. The molecule has 9 nitrogen and oxygen atoms in total. The van der Waals surface area contributed by atoms with Crippen molar-refractivity contribution in [1.29, 1.82) is 0 Å². The first-order valence-corrected chi connectivity index (χ1v) is 14.6. The first-order valence-electron chi connectivity index (χ1n) is 13.8. The zero-order valence-corrected chi connectivity index (χ0v) is 22.8. The molecule has 3 aromatic carbocycles. The van der Waals surface area contributed by atoms with E-state index in [9.17, 15) is 4.79 Å². The average molecular weight is 552 g/mol. The molecule has 10 heteroatoms. The average Bonchev–Trinajstić information content (AvgIpc) is 3.80. The van der Waals surface area contributed by atoms with Crippen molar-refractivity contribution in [3.05, 3.63) is 78.4 Å². The number of piperazine rings is 1. The van der Waals surface area contributed by atoms with E-state index >= 15 is 0 Å². The number of aromatic nitrogens is 5. The summed E-state index contributed by atoms with van der Waals surface area (Å²) in [4.78, 5) is 24.4. The van der Waals surface area contributed by atoms with Crippen LogP contribution in [0, 0.1) is 0 Å². The van der Waals surface area contributed by atoms with E-state index in [-0.39, 0.29) is 0 Å². The lowest BCUT2D eigenvalue weighted by atomic mass is 10.1. The summed E-state index contributed by atoms with van der Waals surface area (Å²) in [5.74, 6) is -0.514. The fourth-order valence-corrected chi connectivity index (χ4v) is 6.54. The van der Waals surface area contributed by atoms with Crippen LogP contribution in [0.25, 0.3) is 32.2 Å². The minimum atomic E-state index is -0.514. The summed E-state index contributed by atoms with van der Waals surface area (Å²) in [6.45, 7) is 4.47. The van der Waals surface area contributed by atoms with Crippen LogP contribution in [-0.2, 0) is 0 Å². The number of hydrogen-bond acceptors (Lipinski definition) is 9. The van der Waals surface area contributed by atoms with E-state index in [1.807, 2.05) is 30.3 Å². The van der Waals surface area contributed by atoms with E-state index in [4.69, 9.17) is 4.84 Å². The Morgan fingerprint density at radius 2 is 1.43 bits per heavy atom. The lowest BCUT2D eigenvalue weighted by Crippen LogP contribution is -2.49. The molecule has 2 fully saturated rings. The molecule has 0 spiro atoms. The molecule has 40 heavy (non-hydrogen) atoms. The number of carbonyl (C=O) groups is 1. The number of nitrogens with zero attached hydrogens (tertiary/aromatic N) is 7. The second-order valence-electron chi connectivity index (χ2n) is 10.3. The van der Waals surface area contributed by atoms with Crippen LogP contribution < -0.4 is 9.74 Å². The molecule has 0 unspecified atom stereocenters. The van der Waals surface area contributed by atoms with Gasteiger partial charge in [0.15, 0.2) is 0 Å². The smallest absolute Gasteiger partial charge is 0.365 e. The Morgan fingerprint density at radius 3 is 2.12 bits per heavy atom. The molecule has 0 radical (unpaired) electrons. The van der Waals surface area contributed by atoms with E-state index in [1.165, 1.54) is 42.7 Å². The predicted molar refractivity (Wildman–Crippen MR) is 155 cm³/mol. The molecule has 7 rings (SSSR count). The molecule has 1 aliphatic heterocycles. The monoisotopic (exact) mass is 551 g/mol. The Labute approximate surface area is 236 Å². The van der Waals surface area contributed by atoms with Gasteiger partial charge < -0.3 is 9.74 Å². The van der Waals surface area contributed by atoms with Crippen LogP contribution in [0.2, 0.25) is 0 Å². The van der Waals surface area contributed by atoms with Crippen LogP contribution in [0.4, 0.5) is 5.69 Å². The highest BCUT2D eigenvalue weighted by Crippen LogP contribution is 2.32. The van der Waals surface area contributed by atoms with Crippen LogP contribution in [0.5, 0.6) is 0 Å². The van der Waals surface area contributed by atoms with E-state index in [1.54, 1.807) is 18.2 Å². The molecule has 0 atom stereocenters. The van der Waals surface area contributed by atoms with Gasteiger partial charge in [0, 0.05) is 49.0 Å². The second kappa shape index (κ2) is 10.8. The van der Waals surface area contributed by atoms with Gasteiger partial charge in [-0.2, -0.15) is 0 Å². The molecule has 0 amide bonds. The number of hydrogen-bond donors (Lipinski definition) is 0. The lowest BCUT2D eigenvalue weighted by molar-refractivity contribution is 0.0409. The van der Waals surface area contributed by atoms with Crippen molar-refractivity contribution in [2.75, 3.05) is 31.1 Å². The molecule has 202 valence electrons. The van der Waals surface area contributed by atoms with Crippen LogP contribution in [0.3, 0.4) is 0 Å². The maximum absolute atomic E-state index is 12.7. The summed E-state index contributed by atoms with van der Waals surface area (Å²) in [7, 11) is 0. The molecular formula is C30H29N7O2S. The van der Waals surface area contributed by atoms with E-state index in [2.05, 4.69) is 54.6 Å². The fraction of sp³-hybridized carbons (Fsp3) is 0.300. The van der Waals surface area contributed by atoms with Gasteiger partial charge >= 0.3 is 5.97 Å². The molecule has 0 N–H and O–H groups in total. The predicted octanol–water partition coefficient (Wildman–Crippen LogP) is 4.95. The first-order chi connectivity index (χ1) is 19.7. The summed E-state index contributed by atoms with van der Waals surface area (Å²) >= 11 is 1.53. The van der Waals surface area contributed by atoms with Gasteiger partial charge in [-0.25, -0.2) is 4.79 Å². The van der Waals surface area contributed by atoms with E-state index in [0.29, 0.717) is 16.6 Å². The maximum atomic E-state index is 12.7. The standard InChI is InChI=1S/C30H29N7O2S/c38-30(39-37-27-8-4-3-7-26(27)31-34-37)23-11-9-21(10-12-23)28-32-33-29(40-28)22-13-15-25(16-14-22)36-19-17-35(18-20-36)24-5-1-2-6-24/h3-4,7-16,24H,1-2,5-6,17-20H2. The normalized spacial score (nSPS) is 16.6. The van der Waals surface area contributed by atoms with Crippen molar-refractivity contribution in [3.8, 4) is 21.1 Å². The Morgan fingerprint density at radius 1 is 0.775 bits per heavy atom. The Kier molecular flexibility index (Phi) is 6.70. The van der Waals surface area contributed by atoms with E-state index in [0.717, 1.165) is 58.2 Å². The van der Waals surface area contributed by atoms with Gasteiger partial charge in [-0.1, -0.05) is 53.3 Å². The van der Waals surface area contributed by atoms with Crippen molar-refractivity contribution in [2.45, 2.75) is 31.7 Å². The van der Waals surface area contributed by atoms with E-state index < -0.39 is 5.97 Å². The van der Waals surface area contributed by atoms with Crippen molar-refractivity contribution in [1.82, 2.24) is 30.3 Å². The third-order valence-corrected chi connectivity index (χ3v) is 8.94. The summed E-state index contributed by atoms with van der Waals surface area (Å²) in [6, 6.07) is 23.9. The van der Waals surface area contributed by atoms with Crippen LogP contribution in [0.15, 0.2) is 72.8 Å². The molecular weight excluding hydrogens is 522 g/mol. The number of fused-ring (bicyclic) bond motifs is 1. The zero-order valence-electron chi connectivity index (χ0n) is 22.0. The summed E-state index contributed by atoms with van der Waals surface area (Å²) in [5.41, 5.74) is 4.91. The Hall–Kier alpha value is -4.15. The summed E-state index contributed by atoms with van der Waals surface area (Å²) < 4.78 is 0. The molecule has 1 aliphatic carbocycles. The number of carbonyl (C=O) groups excluding carboxylic acids is 1. The number of para-hydroxylation sites is 1. The minimum Gasteiger partial charge on any atom is -0.369 e. The Bertz CT molecular complexity index is 1620. The molecule has 1 saturated carbocycles. The Balaban J connectivity index is 0.987. The van der Waals surface area contributed by atoms with Crippen LogP contribution >= 0.6 is 11.3 Å². The van der Waals surface area contributed by atoms with Gasteiger partial charge in [0.1, 0.15) is 21.0 Å². The summed E-state index contributed by atoms with van der Waals surface area (Å²) in [6.07, 6.45) is 5.53. The van der Waals surface area contributed by atoms with Gasteiger partial charge in [0.2, 0.25) is 0 Å². The fourth-order valence-electron chi connectivity index (χ4n) is 5.68. The minimum absolute atomic E-state index is 0.410. The lowest BCUT2D eigenvalue weighted by Gasteiger charge is -2.39. The highest BCUT2D eigenvalue weighted by Gasteiger charge is 2.26. The van der Waals surface area contributed by atoms with Crippen molar-refractivity contribution in [2.24, 2.45) is 0 Å². The molecule has 3 heterocycles. The quantitative estimate of drug-likeness (QED) is 0.274. The SMILES string of the molecule is O=C(On1nnc2ccccc21)c1ccc(-c2nnc(-c3ccc(N4CCN(C5CCCC5)CC4)cc3)s2)cc1. The molecule has 2 aliphatic rings. The van der Waals surface area contributed by atoms with Gasteiger partial charge in [-0.05, 0) is 66.6 Å². The van der Waals surface area contributed by atoms with Crippen molar-refractivity contribution >= 4 is 34.0 Å². The van der Waals surface area contributed by atoms with Gasteiger partial charge in [-0.15, -0.1) is 15.3 Å². The topological polar surface area (TPSA) is 89.3 Å². The van der Waals surface area contributed by atoms with Crippen LogP contribution in [0.1, 0.15) is 36.0 Å². The first kappa shape index (κ1) is 24.9. The van der Waals surface area contributed by atoms with Crippen molar-refractivity contribution < 1.29 is 9.63 Å². The molecule has 5 aromatic rings. The summed E-state index contributed by atoms with van der Waals surface area (Å²) in [5, 5.41) is 18.4. The third-order valence-electron chi connectivity index (χ3n) is 7.92. The maximum Gasteiger partial charge on any atom is 0.365 e. The number of benzene rings is 3. The van der Waals surface area contributed by atoms with Gasteiger partial charge in [0.25, 0.3) is 0 Å². The highest BCUT2D eigenvalue weighted by molar-refractivity contribution is 7.17. The van der Waals surface area contributed by atoms with Crippen LogP contribution in [-0.4, -0.2) is 68.4 Å².